The number of benzene rings is 3. The van der Waals surface area contributed by atoms with Crippen molar-refractivity contribution in [3.8, 4) is 28.4 Å². The summed E-state index contributed by atoms with van der Waals surface area (Å²) in [6.45, 7) is 4.20. The third kappa shape index (κ3) is 3.52. The van der Waals surface area contributed by atoms with Crippen molar-refractivity contribution in [2.75, 3.05) is 18.9 Å². The maximum atomic E-state index is 6.41. The fourth-order valence-electron chi connectivity index (χ4n) is 4.10. The number of ether oxygens (including phenoxy) is 3. The van der Waals surface area contributed by atoms with E-state index in [2.05, 4.69) is 41.9 Å². The van der Waals surface area contributed by atoms with E-state index in [0.717, 1.165) is 33.6 Å². The van der Waals surface area contributed by atoms with E-state index in [-0.39, 0.29) is 5.60 Å². The van der Waals surface area contributed by atoms with Crippen LogP contribution in [-0.4, -0.2) is 25.0 Å². The number of hydrogen-bond acceptors (Lipinski definition) is 7. The van der Waals surface area contributed by atoms with E-state index >= 15 is 0 Å². The maximum Gasteiger partial charge on any atom is 0.191 e. The van der Waals surface area contributed by atoms with Crippen LogP contribution < -0.4 is 18.9 Å². The van der Waals surface area contributed by atoms with Crippen LogP contribution in [0.25, 0.3) is 22.1 Å². The molecule has 0 atom stereocenters. The highest BCUT2D eigenvalue weighted by atomic mass is 32.2. The fourth-order valence-corrected chi connectivity index (χ4v) is 4.94. The Morgan fingerprint density at radius 2 is 1.72 bits per heavy atom. The highest BCUT2D eigenvalue weighted by Crippen LogP contribution is 2.49. The molecule has 1 N–H and O–H groups in total. The highest BCUT2D eigenvalue weighted by Gasteiger charge is 2.36. The first-order valence-electron chi connectivity index (χ1n) is 10.3. The van der Waals surface area contributed by atoms with E-state index < -0.39 is 0 Å². The molecule has 0 fully saturated rings. The Morgan fingerprint density at radius 1 is 1.00 bits per heavy atom. The summed E-state index contributed by atoms with van der Waals surface area (Å²) < 4.78 is 26.5. The molecule has 32 heavy (non-hydrogen) atoms. The van der Waals surface area contributed by atoms with Crippen LogP contribution in [0.5, 0.6) is 17.2 Å². The van der Waals surface area contributed by atoms with Crippen molar-refractivity contribution >= 4 is 28.7 Å². The van der Waals surface area contributed by atoms with Crippen LogP contribution >= 0.6 is 11.9 Å². The molecule has 7 heteroatoms. The summed E-state index contributed by atoms with van der Waals surface area (Å²) in [7, 11) is 3.27. The van der Waals surface area contributed by atoms with Crippen molar-refractivity contribution in [2.24, 2.45) is 0 Å². The van der Waals surface area contributed by atoms with Gasteiger partial charge < -0.3 is 23.5 Å². The first-order chi connectivity index (χ1) is 15.5. The van der Waals surface area contributed by atoms with E-state index in [1.807, 2.05) is 36.4 Å². The smallest absolute Gasteiger partial charge is 0.191 e. The first-order valence-corrected chi connectivity index (χ1v) is 11.2. The molecule has 0 unspecified atom stereocenters. The van der Waals surface area contributed by atoms with E-state index in [0.29, 0.717) is 22.9 Å². The van der Waals surface area contributed by atoms with Crippen molar-refractivity contribution in [2.45, 2.75) is 30.8 Å². The summed E-state index contributed by atoms with van der Waals surface area (Å²) in [6, 6.07) is 18.0. The normalized spacial score (nSPS) is 14.1. The van der Waals surface area contributed by atoms with Gasteiger partial charge in [0, 0.05) is 12.0 Å². The lowest BCUT2D eigenvalue weighted by atomic mass is 9.92. The monoisotopic (exact) mass is 448 g/mol. The Labute approximate surface area is 191 Å². The Bertz CT molecular complexity index is 1260. The quantitative estimate of drug-likeness (QED) is 0.345. The van der Waals surface area contributed by atoms with Crippen LogP contribution in [-0.2, 0) is 6.42 Å². The average molecular weight is 449 g/mol. The van der Waals surface area contributed by atoms with E-state index in [1.165, 1.54) is 17.5 Å². The number of methoxy groups -OCH3 is 2. The van der Waals surface area contributed by atoms with Gasteiger partial charge in [-0.15, -0.1) is 0 Å². The largest absolute Gasteiger partial charge is 0.495 e. The molecule has 4 aromatic rings. The predicted octanol–water partition coefficient (Wildman–Crippen LogP) is 6.34. The summed E-state index contributed by atoms with van der Waals surface area (Å²) in [5.41, 5.74) is 3.77. The third-order valence-corrected chi connectivity index (χ3v) is 6.42. The van der Waals surface area contributed by atoms with Crippen molar-refractivity contribution in [3.63, 3.8) is 0 Å². The Balaban J connectivity index is 1.58. The van der Waals surface area contributed by atoms with Gasteiger partial charge in [0.05, 0.1) is 14.2 Å². The molecule has 1 aliphatic heterocycles. The lowest BCUT2D eigenvalue weighted by Crippen LogP contribution is -2.24. The van der Waals surface area contributed by atoms with E-state index in [9.17, 15) is 0 Å². The number of hydrogen-bond donors (Lipinski definition) is 1. The number of rotatable bonds is 6. The molecule has 2 heterocycles. The summed E-state index contributed by atoms with van der Waals surface area (Å²) in [6.07, 6.45) is 0.806. The van der Waals surface area contributed by atoms with Gasteiger partial charge in [-0.05, 0) is 55.1 Å². The van der Waals surface area contributed by atoms with E-state index in [1.54, 1.807) is 14.2 Å². The average Bonchev–Trinajstić information content (AvgIpc) is 3.36. The molecule has 0 saturated heterocycles. The third-order valence-electron chi connectivity index (χ3n) is 5.52. The van der Waals surface area contributed by atoms with Gasteiger partial charge in [-0.25, -0.2) is 0 Å². The molecule has 5 rings (SSSR count). The van der Waals surface area contributed by atoms with Crippen molar-refractivity contribution in [1.29, 1.82) is 0 Å². The van der Waals surface area contributed by atoms with Crippen molar-refractivity contribution in [1.82, 2.24) is 5.16 Å². The fraction of sp³-hybridized carbons (Fsp3) is 0.240. The van der Waals surface area contributed by atoms with Crippen LogP contribution in [0.3, 0.4) is 0 Å². The number of nitrogens with one attached hydrogen (secondary N) is 1. The molecule has 0 saturated carbocycles. The zero-order chi connectivity index (χ0) is 22.3. The highest BCUT2D eigenvalue weighted by molar-refractivity contribution is 8.00. The van der Waals surface area contributed by atoms with Gasteiger partial charge in [0.25, 0.3) is 0 Å². The Morgan fingerprint density at radius 3 is 2.41 bits per heavy atom. The number of fused-ring (bicyclic) bond motifs is 3. The molecular formula is C25H24N2O4S. The number of nitrogens with zero attached hydrogens (tertiary/aromatic N) is 1. The van der Waals surface area contributed by atoms with Gasteiger partial charge in [-0.1, -0.05) is 41.6 Å². The lowest BCUT2D eigenvalue weighted by molar-refractivity contribution is 0.140. The van der Waals surface area contributed by atoms with Crippen LogP contribution in [0.1, 0.15) is 19.4 Å². The van der Waals surface area contributed by atoms with Crippen molar-refractivity contribution in [3.05, 3.63) is 60.2 Å². The SMILES string of the molecule is COc1cccc(OC)c1SNc1noc2cc(-c3ccccc3)c3c(c12)OC(C)(C)C3. The molecule has 0 amide bonds. The second-order valence-electron chi connectivity index (χ2n) is 8.24. The molecule has 3 aromatic carbocycles. The van der Waals surface area contributed by atoms with Crippen LogP contribution in [0, 0.1) is 0 Å². The zero-order valence-electron chi connectivity index (χ0n) is 18.4. The lowest BCUT2D eigenvalue weighted by Gasteiger charge is -2.17. The molecular weight excluding hydrogens is 424 g/mol. The Hall–Kier alpha value is -3.32. The predicted molar refractivity (Wildman–Crippen MR) is 127 cm³/mol. The summed E-state index contributed by atoms with van der Waals surface area (Å²) in [5.74, 6) is 2.85. The molecule has 0 bridgehead atoms. The number of aromatic nitrogens is 1. The van der Waals surface area contributed by atoms with Gasteiger partial charge in [0.1, 0.15) is 33.1 Å². The first kappa shape index (κ1) is 20.6. The van der Waals surface area contributed by atoms with Crippen LogP contribution in [0.4, 0.5) is 5.82 Å². The molecule has 0 spiro atoms. The molecule has 1 aliphatic rings. The van der Waals surface area contributed by atoms with Gasteiger partial charge in [-0.3, -0.25) is 0 Å². The van der Waals surface area contributed by atoms with Gasteiger partial charge >= 0.3 is 0 Å². The van der Waals surface area contributed by atoms with Gasteiger partial charge in [0.15, 0.2) is 11.4 Å². The molecule has 164 valence electrons. The molecule has 0 aliphatic carbocycles. The summed E-state index contributed by atoms with van der Waals surface area (Å²) in [4.78, 5) is 0.826. The maximum absolute atomic E-state index is 6.41. The Kier molecular flexibility index (Phi) is 5.13. The zero-order valence-corrected chi connectivity index (χ0v) is 19.2. The summed E-state index contributed by atoms with van der Waals surface area (Å²) in [5, 5.41) is 5.15. The minimum Gasteiger partial charge on any atom is -0.495 e. The molecule has 6 nitrogen and oxygen atoms in total. The molecule has 1 aromatic heterocycles. The standard InChI is InChI=1S/C25H24N2O4S/c1-25(2)14-17-16(15-9-6-5-7-10-15)13-20-21(22(17)30-25)24(26-31-20)27-32-23-18(28-3)11-8-12-19(23)29-4/h5-13H,14H2,1-4H3,(H,26,27). The number of anilines is 1. The minimum absolute atomic E-state index is 0.312. The van der Waals surface area contributed by atoms with Crippen molar-refractivity contribution < 1.29 is 18.7 Å². The van der Waals surface area contributed by atoms with Crippen LogP contribution in [0.2, 0.25) is 0 Å². The van der Waals surface area contributed by atoms with E-state index in [4.69, 9.17) is 18.7 Å². The second kappa shape index (κ2) is 7.98. The second-order valence-corrected chi connectivity index (χ2v) is 9.05. The topological polar surface area (TPSA) is 65.8 Å². The summed E-state index contributed by atoms with van der Waals surface area (Å²) >= 11 is 1.36. The minimum atomic E-state index is -0.312. The van der Waals surface area contributed by atoms with Crippen LogP contribution in [0.15, 0.2) is 64.0 Å². The molecule has 0 radical (unpaired) electrons. The van der Waals surface area contributed by atoms with Gasteiger partial charge in [-0.2, -0.15) is 0 Å². The van der Waals surface area contributed by atoms with Gasteiger partial charge in [0.2, 0.25) is 0 Å².